The summed E-state index contributed by atoms with van der Waals surface area (Å²) in [5.74, 6) is 1.06. The Balaban J connectivity index is 1.84. The maximum absolute atomic E-state index is 14.0. The van der Waals surface area contributed by atoms with E-state index in [0.29, 0.717) is 57.2 Å². The fraction of sp³-hybridized carbons (Fsp3) is 0.419. The lowest BCUT2D eigenvalue weighted by Gasteiger charge is -2.37. The number of ketones is 1. The second-order valence-corrected chi connectivity index (χ2v) is 10.8. The summed E-state index contributed by atoms with van der Waals surface area (Å²) in [5, 5.41) is 3.40. The first kappa shape index (κ1) is 29.5. The molecule has 0 radical (unpaired) electrons. The number of hydrogen-bond donors (Lipinski definition) is 1. The van der Waals surface area contributed by atoms with Crippen LogP contribution in [0, 0.1) is 0 Å². The number of benzene rings is 2. The number of hydrogen-bond acceptors (Lipinski definition) is 8. The third-order valence-corrected chi connectivity index (χ3v) is 8.31. The van der Waals surface area contributed by atoms with Crippen LogP contribution in [0.5, 0.6) is 23.0 Å². The van der Waals surface area contributed by atoms with Gasteiger partial charge in [0.15, 0.2) is 28.8 Å². The summed E-state index contributed by atoms with van der Waals surface area (Å²) in [6.07, 6.45) is 1.28. The van der Waals surface area contributed by atoms with Crippen molar-refractivity contribution in [2.45, 2.75) is 58.0 Å². The van der Waals surface area contributed by atoms with Crippen molar-refractivity contribution < 1.29 is 33.3 Å². The van der Waals surface area contributed by atoms with E-state index in [4.69, 9.17) is 23.7 Å². The van der Waals surface area contributed by atoms with E-state index in [1.807, 2.05) is 45.0 Å². The molecule has 0 spiro atoms. The van der Waals surface area contributed by atoms with Gasteiger partial charge in [-0.05, 0) is 68.0 Å². The smallest absolute Gasteiger partial charge is 0.337 e. The Bertz CT molecular complexity index is 1380. The van der Waals surface area contributed by atoms with Crippen molar-refractivity contribution in [2.24, 2.45) is 0 Å². The molecule has 0 saturated heterocycles. The SMILES string of the molecule is CC[C@@H](C)OC(=O)C1=C(C)NC2=C(C(=O)C[C@H](c3ccc(OC)c(OC)c3)C2)[C@@H]1c1cc(OC)c(OC)cc1Br. The molecule has 1 aliphatic carbocycles. The summed E-state index contributed by atoms with van der Waals surface area (Å²) in [4.78, 5) is 27.6. The van der Waals surface area contributed by atoms with Crippen LogP contribution in [0.15, 0.2) is 57.3 Å². The maximum atomic E-state index is 14.0. The Labute approximate surface area is 243 Å². The first-order chi connectivity index (χ1) is 19.2. The Hall–Kier alpha value is -3.46. The van der Waals surface area contributed by atoms with E-state index in [9.17, 15) is 9.59 Å². The molecule has 4 rings (SSSR count). The number of methoxy groups -OCH3 is 4. The quantitative estimate of drug-likeness (QED) is 0.335. The fourth-order valence-electron chi connectivity index (χ4n) is 5.38. The highest BCUT2D eigenvalue weighted by Crippen LogP contribution is 2.49. The van der Waals surface area contributed by atoms with Crippen molar-refractivity contribution in [3.63, 3.8) is 0 Å². The van der Waals surface area contributed by atoms with Gasteiger partial charge in [-0.15, -0.1) is 0 Å². The molecule has 1 N–H and O–H groups in total. The minimum Gasteiger partial charge on any atom is -0.493 e. The number of nitrogens with one attached hydrogen (secondary N) is 1. The van der Waals surface area contributed by atoms with Crippen molar-refractivity contribution in [1.29, 1.82) is 0 Å². The van der Waals surface area contributed by atoms with Crippen molar-refractivity contribution >= 4 is 27.7 Å². The molecule has 2 aromatic carbocycles. The van der Waals surface area contributed by atoms with Gasteiger partial charge in [-0.1, -0.05) is 28.9 Å². The van der Waals surface area contributed by atoms with Crippen LogP contribution in [0.2, 0.25) is 0 Å². The van der Waals surface area contributed by atoms with E-state index in [-0.39, 0.29) is 24.2 Å². The molecule has 2 aliphatic rings. The van der Waals surface area contributed by atoms with E-state index in [2.05, 4.69) is 21.2 Å². The monoisotopic (exact) mass is 613 g/mol. The minimum atomic E-state index is -0.652. The van der Waals surface area contributed by atoms with Crippen LogP contribution in [0.1, 0.15) is 63.0 Å². The average molecular weight is 615 g/mol. The standard InChI is InChI=1S/C31H36BrNO7/c1-8-16(2)40-31(35)28-17(3)33-22-11-19(18-9-10-24(36-4)25(13-18)37-5)12-23(34)30(22)29(28)20-14-26(38-6)27(39-7)15-21(20)32/h9-10,13-16,19,29,33H,8,11-12H2,1-7H3/t16-,19-,29-/m1/s1. The molecule has 0 amide bonds. The second-order valence-electron chi connectivity index (χ2n) is 9.98. The molecule has 0 unspecified atom stereocenters. The van der Waals surface area contributed by atoms with Crippen LogP contribution >= 0.6 is 15.9 Å². The fourth-order valence-corrected chi connectivity index (χ4v) is 5.94. The van der Waals surface area contributed by atoms with Crippen molar-refractivity contribution in [3.05, 3.63) is 68.5 Å². The van der Waals surface area contributed by atoms with E-state index >= 15 is 0 Å². The molecule has 0 saturated carbocycles. The van der Waals surface area contributed by atoms with Gasteiger partial charge >= 0.3 is 5.97 Å². The Morgan fingerprint density at radius 2 is 1.60 bits per heavy atom. The van der Waals surface area contributed by atoms with Crippen LogP contribution in [0.25, 0.3) is 0 Å². The molecule has 40 heavy (non-hydrogen) atoms. The van der Waals surface area contributed by atoms with Crippen molar-refractivity contribution in [1.82, 2.24) is 5.32 Å². The van der Waals surface area contributed by atoms with Gasteiger partial charge in [-0.2, -0.15) is 0 Å². The number of dihydropyridines is 1. The molecule has 1 heterocycles. The van der Waals surface area contributed by atoms with E-state index in [1.54, 1.807) is 34.5 Å². The normalized spacial score (nSPS) is 19.4. The Morgan fingerprint density at radius 1 is 0.975 bits per heavy atom. The third kappa shape index (κ3) is 5.57. The van der Waals surface area contributed by atoms with Crippen LogP contribution in [-0.2, 0) is 14.3 Å². The number of carbonyl (C=O) groups is 2. The van der Waals surface area contributed by atoms with Crippen molar-refractivity contribution in [2.75, 3.05) is 28.4 Å². The second kappa shape index (κ2) is 12.4. The zero-order valence-corrected chi connectivity index (χ0v) is 25.6. The third-order valence-electron chi connectivity index (χ3n) is 7.62. The van der Waals surface area contributed by atoms with E-state index in [0.717, 1.165) is 16.8 Å². The minimum absolute atomic E-state index is 0.0402. The highest BCUT2D eigenvalue weighted by atomic mass is 79.9. The van der Waals surface area contributed by atoms with Gasteiger partial charge in [-0.3, -0.25) is 4.79 Å². The molecular formula is C31H36BrNO7. The molecule has 1 aliphatic heterocycles. The lowest BCUT2D eigenvalue weighted by molar-refractivity contribution is -0.144. The van der Waals surface area contributed by atoms with Crippen LogP contribution < -0.4 is 24.3 Å². The Morgan fingerprint density at radius 3 is 2.23 bits per heavy atom. The summed E-state index contributed by atoms with van der Waals surface area (Å²) < 4.78 is 28.4. The number of carbonyl (C=O) groups excluding carboxylic acids is 2. The van der Waals surface area contributed by atoms with Gasteiger partial charge in [0.2, 0.25) is 0 Å². The average Bonchev–Trinajstić information content (AvgIpc) is 2.95. The van der Waals surface area contributed by atoms with Gasteiger partial charge in [-0.25, -0.2) is 4.79 Å². The van der Waals surface area contributed by atoms with Gasteiger partial charge < -0.3 is 29.0 Å². The topological polar surface area (TPSA) is 92.3 Å². The van der Waals surface area contributed by atoms with Gasteiger partial charge in [0.25, 0.3) is 0 Å². The molecule has 9 heteroatoms. The lowest BCUT2D eigenvalue weighted by Crippen LogP contribution is -2.36. The van der Waals surface area contributed by atoms with E-state index in [1.165, 1.54) is 0 Å². The van der Waals surface area contributed by atoms with Crippen LogP contribution in [-0.4, -0.2) is 46.3 Å². The molecule has 2 aromatic rings. The molecule has 0 fully saturated rings. The summed E-state index contributed by atoms with van der Waals surface area (Å²) in [7, 11) is 6.31. The summed E-state index contributed by atoms with van der Waals surface area (Å²) in [6.45, 7) is 5.67. The highest BCUT2D eigenvalue weighted by molar-refractivity contribution is 9.10. The molecule has 214 valence electrons. The van der Waals surface area contributed by atoms with Gasteiger partial charge in [0.05, 0.1) is 40.1 Å². The molecule has 8 nitrogen and oxygen atoms in total. The first-order valence-corrected chi connectivity index (χ1v) is 14.0. The van der Waals surface area contributed by atoms with Crippen LogP contribution in [0.4, 0.5) is 0 Å². The number of ether oxygens (including phenoxy) is 5. The lowest BCUT2D eigenvalue weighted by atomic mass is 9.71. The predicted octanol–water partition coefficient (Wildman–Crippen LogP) is 6.19. The van der Waals surface area contributed by atoms with Gasteiger partial charge in [0.1, 0.15) is 0 Å². The number of halogens is 1. The van der Waals surface area contributed by atoms with E-state index < -0.39 is 11.9 Å². The first-order valence-electron chi connectivity index (χ1n) is 13.3. The molecular weight excluding hydrogens is 578 g/mol. The molecule has 3 atom stereocenters. The number of allylic oxidation sites excluding steroid dienone is 3. The van der Waals surface area contributed by atoms with Crippen molar-refractivity contribution in [3.8, 4) is 23.0 Å². The summed E-state index contributed by atoms with van der Waals surface area (Å²) in [5.41, 5.74) is 4.11. The van der Waals surface area contributed by atoms with Crippen LogP contribution in [0.3, 0.4) is 0 Å². The maximum Gasteiger partial charge on any atom is 0.337 e. The molecule has 0 aromatic heterocycles. The summed E-state index contributed by atoms with van der Waals surface area (Å²) in [6, 6.07) is 9.36. The number of esters is 1. The highest BCUT2D eigenvalue weighted by Gasteiger charge is 2.42. The molecule has 0 bridgehead atoms. The summed E-state index contributed by atoms with van der Waals surface area (Å²) >= 11 is 3.67. The predicted molar refractivity (Wildman–Crippen MR) is 155 cm³/mol. The zero-order chi connectivity index (χ0) is 29.1. The Kier molecular flexibility index (Phi) is 9.13. The van der Waals surface area contributed by atoms with Gasteiger partial charge in [0, 0.05) is 33.8 Å². The number of Topliss-reactive ketones (excluding diaryl/α,β-unsaturated/α-hetero) is 1. The number of rotatable bonds is 9. The largest absolute Gasteiger partial charge is 0.493 e. The zero-order valence-electron chi connectivity index (χ0n) is 24.0.